The molecule has 3 aromatic carbocycles. The number of benzene rings is 3. The highest BCUT2D eigenvalue weighted by atomic mass is 79.9. The van der Waals surface area contributed by atoms with Gasteiger partial charge in [0.25, 0.3) is 0 Å². The van der Waals surface area contributed by atoms with E-state index in [0.717, 1.165) is 10.8 Å². The molecule has 0 spiro atoms. The van der Waals surface area contributed by atoms with Crippen molar-refractivity contribution in [2.24, 2.45) is 0 Å². The summed E-state index contributed by atoms with van der Waals surface area (Å²) in [6.45, 7) is 0. The van der Waals surface area contributed by atoms with Crippen LogP contribution in [0.3, 0.4) is 0 Å². The Labute approximate surface area is 173 Å². The second-order valence-electron chi connectivity index (χ2n) is 6.55. The van der Waals surface area contributed by atoms with Crippen LogP contribution in [0, 0.1) is 0 Å². The number of nitrogens with zero attached hydrogens (tertiary/aromatic N) is 4. The molecule has 4 aromatic rings. The summed E-state index contributed by atoms with van der Waals surface area (Å²) in [6.07, 6.45) is -0.260. The van der Waals surface area contributed by atoms with Gasteiger partial charge in [-0.3, -0.25) is 14.5 Å². The van der Waals surface area contributed by atoms with E-state index in [4.69, 9.17) is 0 Å². The number of hydrogen-bond acceptors (Lipinski definition) is 5. The van der Waals surface area contributed by atoms with Gasteiger partial charge in [0.1, 0.15) is 6.42 Å². The van der Waals surface area contributed by atoms with Crippen molar-refractivity contribution in [3.63, 3.8) is 0 Å². The number of rotatable bonds is 2. The van der Waals surface area contributed by atoms with E-state index in [1.807, 2.05) is 48.5 Å². The lowest BCUT2D eigenvalue weighted by atomic mass is 10.1. The number of carbonyl (C=O) groups is 2. The summed E-state index contributed by atoms with van der Waals surface area (Å²) in [4.78, 5) is 27.0. The Hall–Kier alpha value is -3.59. The topological polar surface area (TPSA) is 104 Å². The fourth-order valence-electron chi connectivity index (χ4n) is 3.49. The summed E-state index contributed by atoms with van der Waals surface area (Å²) in [5.41, 5.74) is 2.52. The van der Waals surface area contributed by atoms with Gasteiger partial charge in [0.15, 0.2) is 5.82 Å². The van der Waals surface area contributed by atoms with Crippen LogP contribution in [0.5, 0.6) is 0 Å². The van der Waals surface area contributed by atoms with E-state index in [-0.39, 0.29) is 18.2 Å². The number of H-pyrrole nitrogens is 1. The van der Waals surface area contributed by atoms with E-state index < -0.39 is 0 Å². The summed E-state index contributed by atoms with van der Waals surface area (Å²) in [5.74, 6) is -0.194. The van der Waals surface area contributed by atoms with Crippen molar-refractivity contribution < 1.29 is 9.59 Å². The predicted octanol–water partition coefficient (Wildman–Crippen LogP) is 3.79. The van der Waals surface area contributed by atoms with E-state index in [1.165, 1.54) is 0 Å². The van der Waals surface area contributed by atoms with Gasteiger partial charge in [0.05, 0.1) is 17.1 Å². The Kier molecular flexibility index (Phi) is 4.09. The predicted molar refractivity (Wildman–Crippen MR) is 112 cm³/mol. The smallest absolute Gasteiger partial charge is 0.241 e. The molecule has 0 aliphatic carbocycles. The first-order chi connectivity index (χ1) is 14.1. The molecule has 5 rings (SSSR count). The third-order valence-electron chi connectivity index (χ3n) is 4.78. The van der Waals surface area contributed by atoms with Gasteiger partial charge in [-0.25, -0.2) is 5.10 Å². The van der Waals surface area contributed by atoms with E-state index in [2.05, 4.69) is 41.9 Å². The van der Waals surface area contributed by atoms with Gasteiger partial charge in [-0.1, -0.05) is 30.3 Å². The number of nitrogens with one attached hydrogen (secondary N) is 2. The van der Waals surface area contributed by atoms with Gasteiger partial charge >= 0.3 is 0 Å². The molecule has 9 heteroatoms. The summed E-state index contributed by atoms with van der Waals surface area (Å²) < 4.78 is 0.704. The largest absolute Gasteiger partial charge is 0.323 e. The molecule has 1 aromatic heterocycles. The summed E-state index contributed by atoms with van der Waals surface area (Å²) >= 11 is 3.54. The van der Waals surface area contributed by atoms with E-state index >= 15 is 0 Å². The number of aromatic amines is 1. The molecule has 0 saturated carbocycles. The minimum atomic E-state index is -0.346. The summed E-state index contributed by atoms with van der Waals surface area (Å²) in [6, 6.07) is 17.0. The van der Waals surface area contributed by atoms with Crippen LogP contribution in [0.2, 0.25) is 0 Å². The Balaban J connectivity index is 1.75. The molecule has 2 amide bonds. The summed E-state index contributed by atoms with van der Waals surface area (Å²) in [5, 5.41) is 18.6. The molecule has 8 nitrogen and oxygen atoms in total. The van der Waals surface area contributed by atoms with Crippen molar-refractivity contribution in [1.29, 1.82) is 0 Å². The average Bonchev–Trinajstić information content (AvgIpc) is 3.21. The number of fused-ring (bicyclic) bond motifs is 3. The molecule has 0 unspecified atom stereocenters. The highest BCUT2D eigenvalue weighted by Gasteiger charge is 2.30. The van der Waals surface area contributed by atoms with E-state index in [9.17, 15) is 9.59 Å². The molecule has 0 bridgehead atoms. The highest BCUT2D eigenvalue weighted by Crippen LogP contribution is 2.42. The van der Waals surface area contributed by atoms with Crippen LogP contribution < -0.4 is 10.2 Å². The minimum absolute atomic E-state index is 0.260. The minimum Gasteiger partial charge on any atom is -0.323 e. The standard InChI is InChI=1S/C20H13BrN6O2/c21-14-7-5-12(20-23-25-26-24-20)9-16(14)27-15-8-6-11-3-1-2-4-13(11)19(15)22-17(28)10-18(27)29/h1-9H,10H2,(H,22,28)(H,23,24,25,26). The monoisotopic (exact) mass is 448 g/mol. The number of amides is 2. The molecule has 142 valence electrons. The molecule has 0 fully saturated rings. The first-order valence-corrected chi connectivity index (χ1v) is 9.59. The van der Waals surface area contributed by atoms with Crippen molar-refractivity contribution in [3.05, 3.63) is 59.1 Å². The normalized spacial score (nSPS) is 13.9. The zero-order valence-electron chi connectivity index (χ0n) is 14.9. The number of aromatic nitrogens is 4. The van der Waals surface area contributed by atoms with Gasteiger partial charge in [0.2, 0.25) is 11.8 Å². The number of anilines is 3. The van der Waals surface area contributed by atoms with Crippen LogP contribution >= 0.6 is 15.9 Å². The van der Waals surface area contributed by atoms with Crippen LogP contribution in [0.1, 0.15) is 6.42 Å². The van der Waals surface area contributed by atoms with Crippen LogP contribution in [-0.4, -0.2) is 32.4 Å². The fraction of sp³-hybridized carbons (Fsp3) is 0.0500. The Morgan fingerprint density at radius 2 is 1.86 bits per heavy atom. The Bertz CT molecular complexity index is 1270. The van der Waals surface area contributed by atoms with Crippen LogP contribution in [0.4, 0.5) is 17.1 Å². The lowest BCUT2D eigenvalue weighted by Crippen LogP contribution is -2.26. The Morgan fingerprint density at radius 1 is 1.00 bits per heavy atom. The summed E-state index contributed by atoms with van der Waals surface area (Å²) in [7, 11) is 0. The fourth-order valence-corrected chi connectivity index (χ4v) is 3.91. The van der Waals surface area contributed by atoms with Gasteiger partial charge < -0.3 is 5.32 Å². The molecular formula is C20H13BrN6O2. The lowest BCUT2D eigenvalue weighted by Gasteiger charge is -2.24. The van der Waals surface area contributed by atoms with Crippen LogP contribution in [0.25, 0.3) is 22.2 Å². The Morgan fingerprint density at radius 3 is 2.69 bits per heavy atom. The lowest BCUT2D eigenvalue weighted by molar-refractivity contribution is -0.124. The zero-order valence-corrected chi connectivity index (χ0v) is 16.5. The second kappa shape index (κ2) is 6.78. The number of halogens is 1. The highest BCUT2D eigenvalue weighted by molar-refractivity contribution is 9.10. The maximum Gasteiger partial charge on any atom is 0.241 e. The third kappa shape index (κ3) is 2.95. The average molecular weight is 449 g/mol. The van der Waals surface area contributed by atoms with Crippen LogP contribution in [0.15, 0.2) is 59.1 Å². The van der Waals surface area contributed by atoms with Gasteiger partial charge in [-0.2, -0.15) is 0 Å². The number of carbonyl (C=O) groups excluding carboxylic acids is 2. The molecular weight excluding hydrogens is 436 g/mol. The van der Waals surface area contributed by atoms with E-state index in [0.29, 0.717) is 32.9 Å². The zero-order chi connectivity index (χ0) is 20.0. The first-order valence-electron chi connectivity index (χ1n) is 8.80. The molecule has 0 saturated heterocycles. The van der Waals surface area contributed by atoms with Crippen LogP contribution in [-0.2, 0) is 9.59 Å². The molecule has 0 radical (unpaired) electrons. The number of hydrogen-bond donors (Lipinski definition) is 2. The SMILES string of the molecule is O=C1CC(=O)N(c2cc(-c3nnn[nH]3)ccc2Br)c2ccc3ccccc3c2N1. The molecule has 2 heterocycles. The van der Waals surface area contributed by atoms with Crippen molar-refractivity contribution in [3.8, 4) is 11.4 Å². The molecule has 1 aliphatic rings. The number of tetrazole rings is 1. The van der Waals surface area contributed by atoms with E-state index in [1.54, 1.807) is 11.0 Å². The second-order valence-corrected chi connectivity index (χ2v) is 7.41. The van der Waals surface area contributed by atoms with Gasteiger partial charge in [-0.15, -0.1) is 5.10 Å². The molecule has 29 heavy (non-hydrogen) atoms. The third-order valence-corrected chi connectivity index (χ3v) is 5.45. The van der Waals surface area contributed by atoms with Crippen molar-refractivity contribution in [2.75, 3.05) is 10.2 Å². The first kappa shape index (κ1) is 17.5. The molecule has 0 atom stereocenters. The van der Waals surface area contributed by atoms with Gasteiger partial charge in [0, 0.05) is 15.4 Å². The quantitative estimate of drug-likeness (QED) is 0.454. The molecule has 1 aliphatic heterocycles. The van der Waals surface area contributed by atoms with Crippen molar-refractivity contribution in [1.82, 2.24) is 20.6 Å². The van der Waals surface area contributed by atoms with Gasteiger partial charge in [-0.05, 0) is 56.0 Å². The van der Waals surface area contributed by atoms with Crippen molar-refractivity contribution in [2.45, 2.75) is 6.42 Å². The molecule has 2 N–H and O–H groups in total. The van der Waals surface area contributed by atoms with Crippen molar-refractivity contribution >= 4 is 55.6 Å². The maximum atomic E-state index is 13.1. The maximum absolute atomic E-state index is 13.1.